The van der Waals surface area contributed by atoms with E-state index in [-0.39, 0.29) is 11.2 Å². The van der Waals surface area contributed by atoms with E-state index < -0.39 is 0 Å². The van der Waals surface area contributed by atoms with Crippen LogP contribution in [0.15, 0.2) is 0 Å². The molecule has 0 bridgehead atoms. The minimum Gasteiger partial charge on any atom is -0.236 e. The molecule has 0 radical (unpaired) electrons. The highest BCUT2D eigenvalue weighted by molar-refractivity contribution is 4.75. The van der Waals surface area contributed by atoms with Gasteiger partial charge in [0.15, 0.2) is 0 Å². The zero-order valence-electron chi connectivity index (χ0n) is 14.6. The van der Waals surface area contributed by atoms with Crippen molar-refractivity contribution in [2.24, 2.45) is 11.8 Å². The summed E-state index contributed by atoms with van der Waals surface area (Å²) in [5.41, 5.74) is -0.652. The summed E-state index contributed by atoms with van der Waals surface area (Å²) in [7, 11) is 0. The van der Waals surface area contributed by atoms with Gasteiger partial charge in [-0.1, -0.05) is 27.7 Å². The molecule has 0 atom stereocenters. The molecular formula is C16H34O4. The molecule has 0 rings (SSSR count). The Labute approximate surface area is 125 Å². The molecule has 4 heteroatoms. The van der Waals surface area contributed by atoms with Crippen LogP contribution in [-0.4, -0.2) is 24.4 Å². The summed E-state index contributed by atoms with van der Waals surface area (Å²) < 4.78 is 0. The Morgan fingerprint density at radius 3 is 1.20 bits per heavy atom. The van der Waals surface area contributed by atoms with E-state index in [2.05, 4.69) is 27.7 Å². The third-order valence-electron chi connectivity index (χ3n) is 2.70. The van der Waals surface area contributed by atoms with Gasteiger partial charge in [-0.05, 0) is 52.4 Å². The Hall–Kier alpha value is -0.160. The SMILES string of the molecule is CC(C)COOC(C)(C)CCC(C)(C)OOCC(C)C. The average Bonchev–Trinajstić information content (AvgIpc) is 2.25. The minimum atomic E-state index is -0.326. The zero-order chi connectivity index (χ0) is 15.8. The molecule has 4 nitrogen and oxygen atoms in total. The molecule has 0 heterocycles. The molecule has 20 heavy (non-hydrogen) atoms. The topological polar surface area (TPSA) is 36.9 Å². The molecule has 0 saturated heterocycles. The van der Waals surface area contributed by atoms with Crippen molar-refractivity contribution in [2.75, 3.05) is 13.2 Å². The zero-order valence-corrected chi connectivity index (χ0v) is 14.6. The highest BCUT2D eigenvalue weighted by atomic mass is 17.2. The molecule has 122 valence electrons. The smallest absolute Gasteiger partial charge is 0.0981 e. The van der Waals surface area contributed by atoms with Crippen molar-refractivity contribution in [2.45, 2.75) is 79.4 Å². The summed E-state index contributed by atoms with van der Waals surface area (Å²) in [4.78, 5) is 21.5. The molecule has 0 aromatic carbocycles. The summed E-state index contributed by atoms with van der Waals surface area (Å²) >= 11 is 0. The first-order valence-corrected chi connectivity index (χ1v) is 7.65. The Balaban J connectivity index is 3.96. The van der Waals surface area contributed by atoms with Crippen LogP contribution in [-0.2, 0) is 19.6 Å². The van der Waals surface area contributed by atoms with Crippen molar-refractivity contribution in [1.82, 2.24) is 0 Å². The van der Waals surface area contributed by atoms with Gasteiger partial charge in [0.05, 0.1) is 24.4 Å². The van der Waals surface area contributed by atoms with Crippen molar-refractivity contribution in [3.05, 3.63) is 0 Å². The van der Waals surface area contributed by atoms with Crippen molar-refractivity contribution in [3.63, 3.8) is 0 Å². The predicted octanol–water partition coefficient (Wildman–Crippen LogP) is 4.53. The lowest BCUT2D eigenvalue weighted by atomic mass is 9.94. The molecule has 0 amide bonds. The van der Waals surface area contributed by atoms with Crippen LogP contribution in [0.1, 0.15) is 68.2 Å². The lowest BCUT2D eigenvalue weighted by Gasteiger charge is -2.29. The third-order valence-corrected chi connectivity index (χ3v) is 2.70. The first-order chi connectivity index (χ1) is 9.04. The second-order valence-corrected chi connectivity index (χ2v) is 7.54. The summed E-state index contributed by atoms with van der Waals surface area (Å²) in [5, 5.41) is 0. The summed E-state index contributed by atoms with van der Waals surface area (Å²) in [6, 6.07) is 0. The third kappa shape index (κ3) is 11.6. The average molecular weight is 290 g/mol. The number of hydrogen-bond donors (Lipinski definition) is 0. The van der Waals surface area contributed by atoms with Gasteiger partial charge in [-0.25, -0.2) is 19.6 Å². The lowest BCUT2D eigenvalue weighted by molar-refractivity contribution is -0.372. The molecule has 0 aliphatic carbocycles. The predicted molar refractivity (Wildman–Crippen MR) is 81.1 cm³/mol. The van der Waals surface area contributed by atoms with Crippen LogP contribution in [0, 0.1) is 11.8 Å². The maximum Gasteiger partial charge on any atom is 0.0981 e. The Morgan fingerprint density at radius 1 is 0.650 bits per heavy atom. The maximum absolute atomic E-state index is 5.48. The van der Waals surface area contributed by atoms with E-state index in [1.54, 1.807) is 0 Å². The summed E-state index contributed by atoms with van der Waals surface area (Å²) in [5.74, 6) is 0.935. The van der Waals surface area contributed by atoms with Gasteiger partial charge in [0.1, 0.15) is 0 Å². The highest BCUT2D eigenvalue weighted by Gasteiger charge is 2.27. The highest BCUT2D eigenvalue weighted by Crippen LogP contribution is 2.25. The first-order valence-electron chi connectivity index (χ1n) is 7.65. The van der Waals surface area contributed by atoms with Gasteiger partial charge in [0.2, 0.25) is 0 Å². The number of hydrogen-bond acceptors (Lipinski definition) is 4. The molecule has 0 aromatic heterocycles. The molecule has 0 unspecified atom stereocenters. The summed E-state index contributed by atoms with van der Waals surface area (Å²) in [6.07, 6.45) is 1.67. The molecule has 0 aliphatic rings. The summed E-state index contributed by atoms with van der Waals surface area (Å²) in [6.45, 7) is 17.7. The van der Waals surface area contributed by atoms with Crippen LogP contribution in [0.4, 0.5) is 0 Å². The van der Waals surface area contributed by atoms with Crippen molar-refractivity contribution >= 4 is 0 Å². The van der Waals surface area contributed by atoms with Gasteiger partial charge in [-0.2, -0.15) is 0 Å². The van der Waals surface area contributed by atoms with E-state index in [0.29, 0.717) is 25.0 Å². The molecule has 0 spiro atoms. The Bertz CT molecular complexity index is 221. The van der Waals surface area contributed by atoms with Gasteiger partial charge in [-0.15, -0.1) is 0 Å². The van der Waals surface area contributed by atoms with E-state index in [1.165, 1.54) is 0 Å². The van der Waals surface area contributed by atoms with E-state index in [4.69, 9.17) is 19.6 Å². The van der Waals surface area contributed by atoms with E-state index in [0.717, 1.165) is 12.8 Å². The van der Waals surface area contributed by atoms with Crippen LogP contribution >= 0.6 is 0 Å². The van der Waals surface area contributed by atoms with Gasteiger partial charge in [0.25, 0.3) is 0 Å². The van der Waals surface area contributed by atoms with E-state index >= 15 is 0 Å². The fraction of sp³-hybridized carbons (Fsp3) is 1.00. The molecule has 0 aromatic rings. The lowest BCUT2D eigenvalue weighted by Crippen LogP contribution is -2.32. The fourth-order valence-electron chi connectivity index (χ4n) is 1.34. The van der Waals surface area contributed by atoms with Crippen LogP contribution in [0.5, 0.6) is 0 Å². The van der Waals surface area contributed by atoms with Gasteiger partial charge < -0.3 is 0 Å². The standard InChI is InChI=1S/C16H34O4/c1-13(2)11-17-19-15(5,6)9-10-16(7,8)20-18-12-14(3)4/h13-14H,9-12H2,1-8H3. The normalized spacial score (nSPS) is 13.5. The largest absolute Gasteiger partial charge is 0.236 e. The maximum atomic E-state index is 5.48. The monoisotopic (exact) mass is 290 g/mol. The van der Waals surface area contributed by atoms with Crippen LogP contribution < -0.4 is 0 Å². The molecule has 0 N–H and O–H groups in total. The van der Waals surface area contributed by atoms with Gasteiger partial charge in [0, 0.05) is 0 Å². The van der Waals surface area contributed by atoms with Crippen LogP contribution in [0.2, 0.25) is 0 Å². The molecular weight excluding hydrogens is 256 g/mol. The molecule has 0 saturated carbocycles. The fourth-order valence-corrected chi connectivity index (χ4v) is 1.34. The van der Waals surface area contributed by atoms with Crippen molar-refractivity contribution < 1.29 is 19.6 Å². The van der Waals surface area contributed by atoms with Crippen molar-refractivity contribution in [1.29, 1.82) is 0 Å². The molecule has 0 aliphatic heterocycles. The van der Waals surface area contributed by atoms with E-state index in [9.17, 15) is 0 Å². The van der Waals surface area contributed by atoms with Gasteiger partial charge in [-0.3, -0.25) is 0 Å². The van der Waals surface area contributed by atoms with E-state index in [1.807, 2.05) is 27.7 Å². The quantitative estimate of drug-likeness (QED) is 0.414. The van der Waals surface area contributed by atoms with Crippen molar-refractivity contribution in [3.8, 4) is 0 Å². The number of rotatable bonds is 11. The first kappa shape index (κ1) is 19.8. The van der Waals surface area contributed by atoms with Crippen LogP contribution in [0.3, 0.4) is 0 Å². The molecule has 0 fully saturated rings. The second-order valence-electron chi connectivity index (χ2n) is 7.54. The minimum absolute atomic E-state index is 0.326. The second kappa shape index (κ2) is 8.98. The van der Waals surface area contributed by atoms with Gasteiger partial charge >= 0.3 is 0 Å². The Morgan fingerprint density at radius 2 is 0.950 bits per heavy atom. The van der Waals surface area contributed by atoms with Crippen LogP contribution in [0.25, 0.3) is 0 Å². The Kier molecular flexibility index (Phi) is 8.91.